The highest BCUT2D eigenvalue weighted by Crippen LogP contribution is 2.28. The molecule has 1 heterocycles. The van der Waals surface area contributed by atoms with E-state index in [1.165, 1.54) is 19.1 Å². The summed E-state index contributed by atoms with van der Waals surface area (Å²) in [5.41, 5.74) is 0. The van der Waals surface area contributed by atoms with Gasteiger partial charge in [-0.05, 0) is 19.3 Å². The molecule has 0 amide bonds. The molecule has 22 heavy (non-hydrogen) atoms. The number of rotatable bonds is 9. The third kappa shape index (κ3) is 5.15. The average molecular weight is 308 g/mol. The van der Waals surface area contributed by atoms with Crippen LogP contribution in [0, 0.1) is 0 Å². The molecule has 1 rings (SSSR count). The Balaban J connectivity index is 2.66. The summed E-state index contributed by atoms with van der Waals surface area (Å²) in [6.45, 7) is 12.3. The second kappa shape index (κ2) is 9.20. The monoisotopic (exact) mass is 308 g/mol. The van der Waals surface area contributed by atoms with Crippen LogP contribution in [0.3, 0.4) is 0 Å². The first-order chi connectivity index (χ1) is 10.5. The zero-order valence-corrected chi connectivity index (χ0v) is 13.0. The quantitative estimate of drug-likeness (QED) is 0.372. The van der Waals surface area contributed by atoms with Gasteiger partial charge in [0.2, 0.25) is 0 Å². The molecule has 1 saturated heterocycles. The highest BCUT2D eigenvalue weighted by atomic mass is 16.6. The van der Waals surface area contributed by atoms with Crippen molar-refractivity contribution in [2.75, 3.05) is 0 Å². The molecule has 0 N–H and O–H groups in total. The van der Waals surface area contributed by atoms with Crippen LogP contribution >= 0.6 is 0 Å². The van der Waals surface area contributed by atoms with Crippen LogP contribution in [0.1, 0.15) is 32.6 Å². The van der Waals surface area contributed by atoms with Gasteiger partial charge in [-0.3, -0.25) is 9.59 Å². The molecule has 0 aromatic carbocycles. The SMILES string of the molecule is C=CCCCCC(=O)O[C@@H]1[C@H](OC(C)=O)[C@H](C=C)O[C@@H]1C=C. The van der Waals surface area contributed by atoms with Gasteiger partial charge in [0.05, 0.1) is 0 Å². The summed E-state index contributed by atoms with van der Waals surface area (Å²) in [7, 11) is 0. The number of hydrogen-bond acceptors (Lipinski definition) is 5. The number of ether oxygens (including phenoxy) is 3. The molecule has 0 radical (unpaired) electrons. The number of hydrogen-bond donors (Lipinski definition) is 0. The van der Waals surface area contributed by atoms with Crippen LogP contribution in [0.4, 0.5) is 0 Å². The molecule has 0 spiro atoms. The lowest BCUT2D eigenvalue weighted by atomic mass is 10.1. The molecule has 0 aliphatic carbocycles. The second-order valence-electron chi connectivity index (χ2n) is 5.10. The Bertz CT molecular complexity index is 429. The van der Waals surface area contributed by atoms with Crippen LogP contribution in [0.15, 0.2) is 38.0 Å². The summed E-state index contributed by atoms with van der Waals surface area (Å²) in [6, 6.07) is 0. The summed E-state index contributed by atoms with van der Waals surface area (Å²) in [6.07, 6.45) is 5.21. The normalized spacial score (nSPS) is 27.0. The van der Waals surface area contributed by atoms with Crippen LogP contribution in [-0.2, 0) is 23.8 Å². The largest absolute Gasteiger partial charge is 0.455 e. The van der Waals surface area contributed by atoms with Crippen LogP contribution in [0.2, 0.25) is 0 Å². The van der Waals surface area contributed by atoms with E-state index in [2.05, 4.69) is 19.7 Å². The summed E-state index contributed by atoms with van der Waals surface area (Å²) < 4.78 is 16.3. The van der Waals surface area contributed by atoms with Gasteiger partial charge < -0.3 is 14.2 Å². The summed E-state index contributed by atoms with van der Waals surface area (Å²) in [5, 5.41) is 0. The Morgan fingerprint density at radius 2 is 1.64 bits per heavy atom. The molecular formula is C17H24O5. The lowest BCUT2D eigenvalue weighted by Crippen LogP contribution is -2.39. The molecule has 1 fully saturated rings. The average Bonchev–Trinajstić information content (AvgIpc) is 2.80. The van der Waals surface area contributed by atoms with Crippen molar-refractivity contribution in [1.82, 2.24) is 0 Å². The standard InChI is InChI=1S/C17H24O5/c1-5-8-9-10-11-15(19)22-17-14(7-3)21-13(6-2)16(17)20-12(4)18/h5-7,13-14,16-17H,1-3,8-11H2,4H3/t13-,14+,16+,17-/m0/s1. The maximum Gasteiger partial charge on any atom is 0.306 e. The van der Waals surface area contributed by atoms with E-state index in [-0.39, 0.29) is 5.97 Å². The zero-order valence-electron chi connectivity index (χ0n) is 13.0. The second-order valence-corrected chi connectivity index (χ2v) is 5.10. The van der Waals surface area contributed by atoms with Crippen molar-refractivity contribution < 1.29 is 23.8 Å². The smallest absolute Gasteiger partial charge is 0.306 e. The topological polar surface area (TPSA) is 61.8 Å². The van der Waals surface area contributed by atoms with Gasteiger partial charge in [0.25, 0.3) is 0 Å². The van der Waals surface area contributed by atoms with Gasteiger partial charge in [-0.2, -0.15) is 0 Å². The Morgan fingerprint density at radius 3 is 2.14 bits per heavy atom. The maximum absolute atomic E-state index is 11.9. The van der Waals surface area contributed by atoms with E-state index in [4.69, 9.17) is 14.2 Å². The van der Waals surface area contributed by atoms with E-state index in [0.29, 0.717) is 6.42 Å². The first-order valence-corrected chi connectivity index (χ1v) is 7.41. The van der Waals surface area contributed by atoms with E-state index < -0.39 is 30.4 Å². The fourth-order valence-corrected chi connectivity index (χ4v) is 2.32. The van der Waals surface area contributed by atoms with E-state index in [0.717, 1.165) is 19.3 Å². The molecule has 5 nitrogen and oxygen atoms in total. The molecule has 0 aromatic rings. The minimum absolute atomic E-state index is 0.305. The number of unbranched alkanes of at least 4 members (excludes halogenated alkanes) is 2. The van der Waals surface area contributed by atoms with Gasteiger partial charge in [0, 0.05) is 13.3 Å². The molecule has 0 saturated carbocycles. The van der Waals surface area contributed by atoms with Crippen LogP contribution < -0.4 is 0 Å². The molecular weight excluding hydrogens is 284 g/mol. The summed E-state index contributed by atoms with van der Waals surface area (Å²) in [4.78, 5) is 23.2. The predicted molar refractivity (Wildman–Crippen MR) is 83.2 cm³/mol. The number of allylic oxidation sites excluding steroid dienone is 1. The highest BCUT2D eigenvalue weighted by molar-refractivity contribution is 5.70. The highest BCUT2D eigenvalue weighted by Gasteiger charge is 2.46. The molecule has 1 aliphatic rings. The maximum atomic E-state index is 11.9. The third-order valence-electron chi connectivity index (χ3n) is 3.36. The van der Waals surface area contributed by atoms with Gasteiger partial charge in [0.15, 0.2) is 12.2 Å². The van der Waals surface area contributed by atoms with Crippen molar-refractivity contribution in [3.8, 4) is 0 Å². The summed E-state index contributed by atoms with van der Waals surface area (Å²) in [5.74, 6) is -0.802. The number of carbonyl (C=O) groups is 2. The Hall–Kier alpha value is -1.88. The van der Waals surface area contributed by atoms with Gasteiger partial charge >= 0.3 is 11.9 Å². The zero-order chi connectivity index (χ0) is 16.5. The molecule has 4 atom stereocenters. The van der Waals surface area contributed by atoms with Crippen LogP contribution in [0.5, 0.6) is 0 Å². The van der Waals surface area contributed by atoms with Crippen molar-refractivity contribution in [3.05, 3.63) is 38.0 Å². The first-order valence-electron chi connectivity index (χ1n) is 7.41. The van der Waals surface area contributed by atoms with Gasteiger partial charge in [-0.1, -0.05) is 18.2 Å². The van der Waals surface area contributed by atoms with Crippen molar-refractivity contribution in [2.45, 2.75) is 57.0 Å². The van der Waals surface area contributed by atoms with E-state index in [1.54, 1.807) is 0 Å². The van der Waals surface area contributed by atoms with Crippen LogP contribution in [0.25, 0.3) is 0 Å². The van der Waals surface area contributed by atoms with Gasteiger partial charge in [-0.25, -0.2) is 0 Å². The predicted octanol–water partition coefficient (Wildman–Crippen LogP) is 2.72. The molecule has 0 aromatic heterocycles. The van der Waals surface area contributed by atoms with Crippen molar-refractivity contribution in [3.63, 3.8) is 0 Å². The lowest BCUT2D eigenvalue weighted by molar-refractivity contribution is -0.164. The summed E-state index contributed by atoms with van der Waals surface area (Å²) >= 11 is 0. The fraction of sp³-hybridized carbons (Fsp3) is 0.529. The minimum Gasteiger partial charge on any atom is -0.455 e. The number of carbonyl (C=O) groups excluding carboxylic acids is 2. The molecule has 1 aliphatic heterocycles. The Labute approximate surface area is 131 Å². The third-order valence-corrected chi connectivity index (χ3v) is 3.36. The van der Waals surface area contributed by atoms with Crippen molar-refractivity contribution >= 4 is 11.9 Å². The molecule has 0 unspecified atom stereocenters. The first kappa shape index (κ1) is 18.2. The number of esters is 2. The molecule has 0 bridgehead atoms. The molecule has 122 valence electrons. The van der Waals surface area contributed by atoms with Crippen molar-refractivity contribution in [2.24, 2.45) is 0 Å². The van der Waals surface area contributed by atoms with E-state index in [9.17, 15) is 9.59 Å². The minimum atomic E-state index is -0.699. The Morgan fingerprint density at radius 1 is 1.05 bits per heavy atom. The van der Waals surface area contributed by atoms with E-state index in [1.807, 2.05) is 6.08 Å². The van der Waals surface area contributed by atoms with E-state index >= 15 is 0 Å². The molecule has 5 heteroatoms. The fourth-order valence-electron chi connectivity index (χ4n) is 2.32. The lowest BCUT2D eigenvalue weighted by Gasteiger charge is -2.22. The Kier molecular flexibility index (Phi) is 7.60. The van der Waals surface area contributed by atoms with Crippen molar-refractivity contribution in [1.29, 1.82) is 0 Å². The van der Waals surface area contributed by atoms with Crippen LogP contribution in [-0.4, -0.2) is 36.4 Å². The van der Waals surface area contributed by atoms with Gasteiger partial charge in [0.1, 0.15) is 12.2 Å². The van der Waals surface area contributed by atoms with Gasteiger partial charge in [-0.15, -0.1) is 19.7 Å².